The molecule has 0 spiro atoms. The Morgan fingerprint density at radius 2 is 1.50 bits per heavy atom. The van der Waals surface area contributed by atoms with E-state index in [2.05, 4.69) is 0 Å². The number of rotatable bonds is 5. The van der Waals surface area contributed by atoms with Crippen LogP contribution in [0.1, 0.15) is 15.9 Å². The Hall–Kier alpha value is -2.17. The van der Waals surface area contributed by atoms with Gasteiger partial charge < -0.3 is 14.6 Å². The molecule has 0 saturated heterocycles. The summed E-state index contributed by atoms with van der Waals surface area (Å²) in [6.07, 6.45) is 0. The van der Waals surface area contributed by atoms with Crippen molar-refractivity contribution in [2.45, 2.75) is 5.79 Å². The van der Waals surface area contributed by atoms with Gasteiger partial charge in [0.2, 0.25) is 5.78 Å². The van der Waals surface area contributed by atoms with Gasteiger partial charge >= 0.3 is 0 Å². The monoisotopic (exact) mass is 272 g/mol. The van der Waals surface area contributed by atoms with Gasteiger partial charge in [-0.05, 0) is 12.1 Å². The first kappa shape index (κ1) is 14.2. The van der Waals surface area contributed by atoms with Gasteiger partial charge in [0.05, 0.1) is 5.56 Å². The molecule has 20 heavy (non-hydrogen) atoms. The Labute approximate surface area is 117 Å². The van der Waals surface area contributed by atoms with E-state index in [1.165, 1.54) is 26.4 Å². The fourth-order valence-corrected chi connectivity index (χ4v) is 2.14. The summed E-state index contributed by atoms with van der Waals surface area (Å²) in [7, 11) is 2.79. The van der Waals surface area contributed by atoms with E-state index in [-0.39, 0.29) is 11.3 Å². The van der Waals surface area contributed by atoms with Crippen molar-refractivity contribution in [3.8, 4) is 5.75 Å². The Morgan fingerprint density at radius 3 is 2.05 bits per heavy atom. The SMILES string of the molecule is COC(OC)(C(=O)c1ccccc1O)c1ccccc1. The van der Waals surface area contributed by atoms with Crippen LogP contribution in [0.4, 0.5) is 0 Å². The number of ether oxygens (including phenoxy) is 2. The minimum atomic E-state index is -1.57. The highest BCUT2D eigenvalue weighted by atomic mass is 16.7. The predicted molar refractivity (Wildman–Crippen MR) is 74.6 cm³/mol. The molecule has 0 bridgehead atoms. The first-order valence-electron chi connectivity index (χ1n) is 6.14. The zero-order chi connectivity index (χ0) is 14.6. The lowest BCUT2D eigenvalue weighted by molar-refractivity contribution is -0.176. The summed E-state index contributed by atoms with van der Waals surface area (Å²) >= 11 is 0. The number of para-hydroxylation sites is 1. The van der Waals surface area contributed by atoms with Crippen molar-refractivity contribution in [2.24, 2.45) is 0 Å². The minimum absolute atomic E-state index is 0.105. The maximum atomic E-state index is 12.7. The number of phenolic OH excluding ortho intramolecular Hbond substituents is 1. The van der Waals surface area contributed by atoms with E-state index in [1.807, 2.05) is 6.07 Å². The summed E-state index contributed by atoms with van der Waals surface area (Å²) < 4.78 is 10.7. The third-order valence-corrected chi connectivity index (χ3v) is 3.18. The van der Waals surface area contributed by atoms with Gasteiger partial charge in [0.25, 0.3) is 5.79 Å². The van der Waals surface area contributed by atoms with Gasteiger partial charge in [0.1, 0.15) is 5.75 Å². The number of carbonyl (C=O) groups excluding carboxylic acids is 1. The third kappa shape index (κ3) is 2.31. The van der Waals surface area contributed by atoms with E-state index >= 15 is 0 Å². The van der Waals surface area contributed by atoms with Crippen LogP contribution in [0.25, 0.3) is 0 Å². The van der Waals surface area contributed by atoms with Crippen molar-refractivity contribution in [1.82, 2.24) is 0 Å². The van der Waals surface area contributed by atoms with Gasteiger partial charge in [-0.3, -0.25) is 4.79 Å². The molecule has 0 aromatic heterocycles. The highest BCUT2D eigenvalue weighted by Gasteiger charge is 2.42. The van der Waals surface area contributed by atoms with Crippen molar-refractivity contribution in [1.29, 1.82) is 0 Å². The van der Waals surface area contributed by atoms with E-state index in [0.29, 0.717) is 5.56 Å². The lowest BCUT2D eigenvalue weighted by atomic mass is 9.95. The summed E-state index contributed by atoms with van der Waals surface area (Å²) in [5.41, 5.74) is 0.721. The minimum Gasteiger partial charge on any atom is -0.507 e. The Kier molecular flexibility index (Phi) is 4.17. The summed E-state index contributed by atoms with van der Waals surface area (Å²) in [5.74, 6) is -2.13. The molecule has 2 aromatic rings. The van der Waals surface area contributed by atoms with Crippen LogP contribution in [-0.2, 0) is 15.3 Å². The van der Waals surface area contributed by atoms with Crippen LogP contribution in [-0.4, -0.2) is 25.1 Å². The molecule has 4 nitrogen and oxygen atoms in total. The van der Waals surface area contributed by atoms with Crippen molar-refractivity contribution in [2.75, 3.05) is 14.2 Å². The number of methoxy groups -OCH3 is 2. The zero-order valence-electron chi connectivity index (χ0n) is 11.4. The van der Waals surface area contributed by atoms with E-state index < -0.39 is 11.6 Å². The van der Waals surface area contributed by atoms with Crippen LogP contribution in [0.2, 0.25) is 0 Å². The predicted octanol–water partition coefficient (Wildman–Crippen LogP) is 2.72. The van der Waals surface area contributed by atoms with Crippen molar-refractivity contribution >= 4 is 5.78 Å². The lowest BCUT2D eigenvalue weighted by Crippen LogP contribution is -2.40. The molecule has 104 valence electrons. The van der Waals surface area contributed by atoms with Gasteiger partial charge in [-0.1, -0.05) is 42.5 Å². The van der Waals surface area contributed by atoms with Crippen molar-refractivity contribution < 1.29 is 19.4 Å². The number of phenols is 1. The van der Waals surface area contributed by atoms with Crippen LogP contribution >= 0.6 is 0 Å². The Bertz CT molecular complexity index is 588. The van der Waals surface area contributed by atoms with Crippen LogP contribution < -0.4 is 0 Å². The summed E-state index contributed by atoms with van der Waals surface area (Å²) in [6.45, 7) is 0. The number of ketones is 1. The second-order valence-electron chi connectivity index (χ2n) is 4.24. The van der Waals surface area contributed by atoms with Crippen LogP contribution in [0.15, 0.2) is 54.6 Å². The number of aromatic hydroxyl groups is 1. The van der Waals surface area contributed by atoms with Crippen LogP contribution in [0.3, 0.4) is 0 Å². The number of carbonyl (C=O) groups is 1. The van der Waals surface area contributed by atoms with E-state index in [1.54, 1.807) is 36.4 Å². The molecule has 1 N–H and O–H groups in total. The summed E-state index contributed by atoms with van der Waals surface area (Å²) in [4.78, 5) is 12.7. The zero-order valence-corrected chi connectivity index (χ0v) is 11.4. The molecule has 0 atom stereocenters. The Morgan fingerprint density at radius 1 is 0.950 bits per heavy atom. The standard InChI is InChI=1S/C16H16O4/c1-19-16(20-2,12-8-4-3-5-9-12)15(18)13-10-6-7-11-14(13)17/h3-11,17H,1-2H3. The first-order chi connectivity index (χ1) is 9.65. The fraction of sp³-hybridized carbons (Fsp3) is 0.188. The first-order valence-corrected chi connectivity index (χ1v) is 6.14. The van der Waals surface area contributed by atoms with E-state index in [4.69, 9.17) is 9.47 Å². The topological polar surface area (TPSA) is 55.8 Å². The van der Waals surface area contributed by atoms with E-state index in [0.717, 1.165) is 0 Å². The van der Waals surface area contributed by atoms with Gasteiger partial charge in [0, 0.05) is 19.8 Å². The van der Waals surface area contributed by atoms with E-state index in [9.17, 15) is 9.90 Å². The second kappa shape index (κ2) is 5.86. The second-order valence-corrected chi connectivity index (χ2v) is 4.24. The quantitative estimate of drug-likeness (QED) is 0.671. The van der Waals surface area contributed by atoms with Gasteiger partial charge in [0.15, 0.2) is 0 Å². The third-order valence-electron chi connectivity index (χ3n) is 3.18. The smallest absolute Gasteiger partial charge is 0.260 e. The molecule has 0 amide bonds. The molecule has 0 heterocycles. The van der Waals surface area contributed by atoms with Gasteiger partial charge in [-0.15, -0.1) is 0 Å². The molecular weight excluding hydrogens is 256 g/mol. The molecule has 0 aliphatic rings. The number of hydrogen-bond donors (Lipinski definition) is 1. The van der Waals surface area contributed by atoms with Gasteiger partial charge in [-0.2, -0.15) is 0 Å². The highest BCUT2D eigenvalue weighted by Crippen LogP contribution is 2.32. The van der Waals surface area contributed by atoms with Gasteiger partial charge in [-0.25, -0.2) is 0 Å². The number of Topliss-reactive ketones (excluding diaryl/α,β-unsaturated/α-hetero) is 1. The van der Waals surface area contributed by atoms with Crippen LogP contribution in [0.5, 0.6) is 5.75 Å². The maximum absolute atomic E-state index is 12.7. The van der Waals surface area contributed by atoms with Crippen LogP contribution in [0, 0.1) is 0 Å². The molecular formula is C16H16O4. The molecule has 0 unspecified atom stereocenters. The molecule has 0 saturated carbocycles. The molecule has 0 fully saturated rings. The molecule has 0 aliphatic carbocycles. The number of hydrogen-bond acceptors (Lipinski definition) is 4. The molecule has 2 rings (SSSR count). The average Bonchev–Trinajstić information content (AvgIpc) is 2.50. The Balaban J connectivity index is 2.54. The maximum Gasteiger partial charge on any atom is 0.260 e. The summed E-state index contributed by atoms with van der Waals surface area (Å²) in [6, 6.07) is 15.2. The summed E-state index contributed by atoms with van der Waals surface area (Å²) in [5, 5.41) is 9.85. The largest absolute Gasteiger partial charge is 0.507 e. The highest BCUT2D eigenvalue weighted by molar-refractivity contribution is 6.04. The molecule has 4 heteroatoms. The lowest BCUT2D eigenvalue weighted by Gasteiger charge is -2.29. The molecule has 0 aliphatic heterocycles. The van der Waals surface area contributed by atoms with Crippen molar-refractivity contribution in [3.63, 3.8) is 0 Å². The van der Waals surface area contributed by atoms with Crippen molar-refractivity contribution in [3.05, 3.63) is 65.7 Å². The average molecular weight is 272 g/mol. The molecule has 0 radical (unpaired) electrons. The number of benzene rings is 2. The fourth-order valence-electron chi connectivity index (χ4n) is 2.14. The normalized spacial score (nSPS) is 11.3. The molecule has 2 aromatic carbocycles.